The zero-order valence-corrected chi connectivity index (χ0v) is 37.8. The number of rotatable bonds is 5. The molecule has 1 aliphatic carbocycles. The van der Waals surface area contributed by atoms with Crippen LogP contribution in [0, 0.1) is 30.6 Å². The van der Waals surface area contributed by atoms with E-state index >= 15 is 0 Å². The summed E-state index contributed by atoms with van der Waals surface area (Å²) >= 11 is 0. The van der Waals surface area contributed by atoms with Crippen LogP contribution in [0.5, 0.6) is 23.0 Å². The molecule has 9 atom stereocenters. The van der Waals surface area contributed by atoms with E-state index < -0.39 is 88.8 Å². The molecule has 63 heavy (non-hydrogen) atoms. The van der Waals surface area contributed by atoms with Crippen LogP contribution in [-0.4, -0.2) is 129 Å². The summed E-state index contributed by atoms with van der Waals surface area (Å²) in [5.74, 6) is -8.28. The molecule has 1 amide bonds. The van der Waals surface area contributed by atoms with Gasteiger partial charge in [0.15, 0.2) is 5.75 Å². The van der Waals surface area contributed by atoms with Crippen molar-refractivity contribution in [2.75, 3.05) is 38.6 Å². The number of esters is 1. The zero-order chi connectivity index (χ0) is 46.1. The van der Waals surface area contributed by atoms with Gasteiger partial charge in [-0.05, 0) is 32.8 Å². The van der Waals surface area contributed by atoms with Crippen molar-refractivity contribution >= 4 is 40.3 Å². The van der Waals surface area contributed by atoms with Crippen molar-refractivity contribution in [1.82, 2.24) is 9.91 Å². The van der Waals surface area contributed by atoms with Gasteiger partial charge in [-0.3, -0.25) is 24.3 Å². The average Bonchev–Trinajstić information content (AvgIpc) is 3.89. The van der Waals surface area contributed by atoms with E-state index in [1.807, 2.05) is 5.01 Å². The highest BCUT2D eigenvalue weighted by molar-refractivity contribution is 6.23. The Morgan fingerprint density at radius 3 is 2.22 bits per heavy atom. The highest BCUT2D eigenvalue weighted by Crippen LogP contribution is 2.55. The number of carbonyl (C=O) groups is 3. The fourth-order valence-corrected chi connectivity index (χ4v) is 9.47. The van der Waals surface area contributed by atoms with E-state index in [2.05, 4.69) is 15.3 Å². The summed E-state index contributed by atoms with van der Waals surface area (Å²) in [6.45, 7) is 15.4. The number of hydrazone groups is 1. The molecular weight excluding hydrogens is 813 g/mol. The first kappa shape index (κ1) is 47.3. The number of benzene rings is 2. The number of piperazine rings is 1. The molecule has 2 aromatic rings. The number of nitrogens with one attached hydrogen (secondary N) is 1. The number of methoxy groups -OCH3 is 1. The molecule has 16 nitrogen and oxygen atoms in total. The van der Waals surface area contributed by atoms with Gasteiger partial charge in [0, 0.05) is 93.4 Å². The van der Waals surface area contributed by atoms with Gasteiger partial charge in [0.1, 0.15) is 23.4 Å². The molecule has 7 rings (SSSR count). The minimum atomic E-state index is -2.04. The van der Waals surface area contributed by atoms with Gasteiger partial charge < -0.3 is 49.8 Å². The van der Waals surface area contributed by atoms with Crippen LogP contribution < -0.4 is 10.1 Å². The van der Waals surface area contributed by atoms with E-state index in [9.17, 15) is 39.9 Å². The number of aliphatic hydroxyl groups excluding tert-OH is 2. The van der Waals surface area contributed by atoms with Gasteiger partial charge in [0.25, 0.3) is 11.7 Å². The van der Waals surface area contributed by atoms with Crippen molar-refractivity contribution in [2.45, 2.75) is 117 Å². The molecular formula is C47H64N4O12. The zero-order valence-electron chi connectivity index (χ0n) is 37.8. The number of amides is 1. The molecule has 0 aromatic heterocycles. The van der Waals surface area contributed by atoms with E-state index in [0.717, 1.165) is 13.1 Å². The lowest BCUT2D eigenvalue weighted by Gasteiger charge is -2.38. The van der Waals surface area contributed by atoms with Crippen LogP contribution >= 0.6 is 0 Å². The Bertz CT molecular complexity index is 2190. The number of aliphatic hydroxyl groups is 2. The van der Waals surface area contributed by atoms with Crippen LogP contribution in [0.25, 0.3) is 10.8 Å². The first-order valence-corrected chi connectivity index (χ1v) is 21.9. The van der Waals surface area contributed by atoms with Crippen LogP contribution in [0.3, 0.4) is 0 Å². The highest BCUT2D eigenvalue weighted by atomic mass is 16.7. The van der Waals surface area contributed by atoms with Crippen LogP contribution in [0.4, 0.5) is 5.69 Å². The molecule has 2 aromatic carbocycles. The van der Waals surface area contributed by atoms with Crippen LogP contribution in [0.1, 0.15) is 95.6 Å². The standard InChI is InChI=1S/C47H64N4O12/c1-24-13-12-14-25(2)46(59)49-37-32(23-48-51-20-18-50(19-21-51)31-15-10-11-16-31)41(56)34-35(42(37)57)40(55)29(6)44-36(34)45(58)47(8,63-44)61-22-17-33(60-9)26(3)43(62-30(7)52)28(5)39(54)27(4)38(24)53/h12-14,17,22-24,26-28,31,33,38-39,43,53-57H,10-11,15-16,18-21H2,1-9H3,(H,49,59)/b13-12+,22-17+,25-14-,48-23?/t24-,26+,27+,28+,33?,38-,39+,43+,47-/m0/s1. The number of fused-ring (bicyclic) bond motifs is 14. The van der Waals surface area contributed by atoms with Gasteiger partial charge in [-0.25, -0.2) is 0 Å². The molecule has 0 radical (unpaired) electrons. The predicted octanol–water partition coefficient (Wildman–Crippen LogP) is 5.65. The lowest BCUT2D eigenvalue weighted by atomic mass is 9.78. The molecule has 16 heteroatoms. The smallest absolute Gasteiger partial charge is 0.312 e. The molecule has 344 valence electrons. The lowest BCUT2D eigenvalue weighted by molar-refractivity contribution is -0.160. The second-order valence-electron chi connectivity index (χ2n) is 17.8. The van der Waals surface area contributed by atoms with Crippen molar-refractivity contribution in [3.8, 4) is 23.0 Å². The average molecular weight is 877 g/mol. The first-order valence-electron chi connectivity index (χ1n) is 21.9. The largest absolute Gasteiger partial charge is 0.507 e. The minimum Gasteiger partial charge on any atom is -0.507 e. The van der Waals surface area contributed by atoms with Crippen molar-refractivity contribution in [3.63, 3.8) is 0 Å². The Morgan fingerprint density at radius 1 is 0.921 bits per heavy atom. The number of phenolic OH excluding ortho intramolecular Hbond substituents is 3. The van der Waals surface area contributed by atoms with E-state index in [1.165, 1.54) is 85.1 Å². The third kappa shape index (κ3) is 9.40. The number of Topliss-reactive ketones (excluding diaryl/α,β-unsaturated/α-hetero) is 1. The topological polar surface area (TPSA) is 220 Å². The number of allylic oxidation sites excluding steroid dienone is 2. The molecule has 1 unspecified atom stereocenters. The van der Waals surface area contributed by atoms with Crippen molar-refractivity contribution in [3.05, 3.63) is 52.8 Å². The highest BCUT2D eigenvalue weighted by Gasteiger charge is 2.50. The summed E-state index contributed by atoms with van der Waals surface area (Å²) in [5.41, 5.74) is -0.293. The number of ether oxygens (including phenoxy) is 4. The first-order chi connectivity index (χ1) is 29.8. The molecule has 4 heterocycles. The van der Waals surface area contributed by atoms with Crippen LogP contribution in [0.15, 0.2) is 41.2 Å². The third-order valence-electron chi connectivity index (χ3n) is 13.5. The van der Waals surface area contributed by atoms with Crippen molar-refractivity contribution in [2.24, 2.45) is 28.8 Å². The van der Waals surface area contributed by atoms with E-state index in [0.29, 0.717) is 19.1 Å². The number of hydrogen-bond donors (Lipinski definition) is 6. The molecule has 0 spiro atoms. The number of aromatic hydroxyl groups is 3. The van der Waals surface area contributed by atoms with Crippen LogP contribution in [0.2, 0.25) is 0 Å². The summed E-state index contributed by atoms with van der Waals surface area (Å²) in [6.07, 6.45) is 9.75. The molecule has 5 bridgehead atoms. The van der Waals surface area contributed by atoms with E-state index in [1.54, 1.807) is 39.8 Å². The summed E-state index contributed by atoms with van der Waals surface area (Å²) < 4.78 is 23.7. The van der Waals surface area contributed by atoms with E-state index in [4.69, 9.17) is 18.9 Å². The number of hydrogen-bond acceptors (Lipinski definition) is 15. The maximum absolute atomic E-state index is 14.5. The second kappa shape index (κ2) is 19.3. The summed E-state index contributed by atoms with van der Waals surface area (Å²) in [4.78, 5) is 43.2. The Hall–Kier alpha value is -5.16. The Morgan fingerprint density at radius 2 is 1.59 bits per heavy atom. The van der Waals surface area contributed by atoms with Crippen LogP contribution in [-0.2, 0) is 23.8 Å². The quantitative estimate of drug-likeness (QED) is 0.0926. The maximum atomic E-state index is 14.5. The van der Waals surface area contributed by atoms with E-state index in [-0.39, 0.29) is 44.5 Å². The Balaban J connectivity index is 1.47. The molecule has 4 aliphatic heterocycles. The van der Waals surface area contributed by atoms with Gasteiger partial charge >= 0.3 is 11.8 Å². The molecule has 1 saturated heterocycles. The monoisotopic (exact) mass is 876 g/mol. The summed E-state index contributed by atoms with van der Waals surface area (Å²) in [5, 5.41) is 67.6. The predicted molar refractivity (Wildman–Crippen MR) is 237 cm³/mol. The number of phenols is 3. The summed E-state index contributed by atoms with van der Waals surface area (Å²) in [7, 11) is 1.44. The number of carbonyl (C=O) groups excluding carboxylic acids is 3. The Kier molecular flexibility index (Phi) is 14.5. The third-order valence-corrected chi connectivity index (χ3v) is 13.5. The van der Waals surface area contributed by atoms with Gasteiger partial charge in [-0.2, -0.15) is 5.10 Å². The molecule has 1 saturated carbocycles. The number of ketones is 1. The Labute approximate surface area is 368 Å². The molecule has 6 N–H and O–H groups in total. The lowest BCUT2D eigenvalue weighted by Crippen LogP contribution is -2.47. The van der Waals surface area contributed by atoms with Gasteiger partial charge in [-0.1, -0.05) is 58.8 Å². The number of nitrogens with zero attached hydrogens (tertiary/aromatic N) is 3. The maximum Gasteiger partial charge on any atom is 0.312 e. The molecule has 2 fully saturated rings. The van der Waals surface area contributed by atoms with Gasteiger partial charge in [-0.15, -0.1) is 0 Å². The normalized spacial score (nSPS) is 32.4. The van der Waals surface area contributed by atoms with Crippen molar-refractivity contribution in [1.29, 1.82) is 0 Å². The fraction of sp³-hybridized carbons (Fsp3) is 0.574. The van der Waals surface area contributed by atoms with Crippen molar-refractivity contribution < 1.29 is 58.9 Å². The minimum absolute atomic E-state index is 0.0631. The molecule has 5 aliphatic rings. The second-order valence-corrected chi connectivity index (χ2v) is 17.8. The van der Waals surface area contributed by atoms with Gasteiger partial charge in [0.2, 0.25) is 0 Å². The summed E-state index contributed by atoms with van der Waals surface area (Å²) in [6, 6.07) is 0.553. The number of anilines is 1. The fourth-order valence-electron chi connectivity index (χ4n) is 9.47. The SMILES string of the molecule is COC1/C=C/O[C@@]2(C)Oc3c(C)c(O)c4c(O)c(c(C=NN5CCN(C6CCCC6)CC5)c(O)c4c3C2=O)NC(=O)/C(C)=C\C=C\[C@H](C)[C@H](O)[C@@H](C)[C@@H](O)[C@@H](C)[C@H](OC(C)=O)[C@@H]1C. The van der Waals surface area contributed by atoms with Gasteiger partial charge in [0.05, 0.1) is 53.0 Å².